The Kier molecular flexibility index (Phi) is 4.27. The third-order valence-corrected chi connectivity index (χ3v) is 2.77. The highest BCUT2D eigenvalue weighted by Crippen LogP contribution is 2.09. The normalized spacial score (nSPS) is 22.5. The van der Waals surface area contributed by atoms with Crippen molar-refractivity contribution >= 4 is 0 Å². The summed E-state index contributed by atoms with van der Waals surface area (Å²) in [7, 11) is 0. The molecule has 0 aromatic rings. The largest absolute Gasteiger partial charge is 0.303 e. The van der Waals surface area contributed by atoms with Crippen LogP contribution < -0.4 is 5.32 Å². The van der Waals surface area contributed by atoms with E-state index in [1.807, 2.05) is 6.92 Å². The number of likely N-dealkylation sites (tertiary alicyclic amines) is 1. The van der Waals surface area contributed by atoms with E-state index in [1.165, 1.54) is 32.5 Å². The quantitative estimate of drug-likeness (QED) is 0.654. The van der Waals surface area contributed by atoms with Crippen LogP contribution in [0.1, 0.15) is 26.7 Å². The van der Waals surface area contributed by atoms with E-state index in [4.69, 9.17) is 6.42 Å². The first-order valence-electron chi connectivity index (χ1n) is 5.20. The molecule has 1 unspecified atom stereocenters. The lowest BCUT2D eigenvalue weighted by atomic mass is 10.0. The van der Waals surface area contributed by atoms with Crippen molar-refractivity contribution in [1.29, 1.82) is 0 Å². The van der Waals surface area contributed by atoms with Crippen LogP contribution in [0.3, 0.4) is 0 Å². The van der Waals surface area contributed by atoms with Crippen molar-refractivity contribution in [3.8, 4) is 12.3 Å². The molecule has 2 heteroatoms. The third kappa shape index (κ3) is 3.38. The van der Waals surface area contributed by atoms with Gasteiger partial charge in [0.05, 0.1) is 6.04 Å². The molecule has 1 heterocycles. The van der Waals surface area contributed by atoms with Gasteiger partial charge in [-0.1, -0.05) is 12.8 Å². The predicted octanol–water partition coefficient (Wildman–Crippen LogP) is 1.08. The lowest BCUT2D eigenvalue weighted by Crippen LogP contribution is -2.44. The number of piperidine rings is 1. The van der Waals surface area contributed by atoms with Gasteiger partial charge in [0.1, 0.15) is 0 Å². The maximum atomic E-state index is 5.32. The highest BCUT2D eigenvalue weighted by Gasteiger charge is 2.18. The maximum Gasteiger partial charge on any atom is 0.0660 e. The molecular weight excluding hydrogens is 160 g/mol. The number of hydrogen-bond acceptors (Lipinski definition) is 2. The van der Waals surface area contributed by atoms with Crippen molar-refractivity contribution in [3.63, 3.8) is 0 Å². The summed E-state index contributed by atoms with van der Waals surface area (Å²) in [5.41, 5.74) is 0. The highest BCUT2D eigenvalue weighted by atomic mass is 15.1. The van der Waals surface area contributed by atoms with E-state index in [0.29, 0.717) is 6.04 Å². The number of nitrogens with zero attached hydrogens (tertiary/aromatic N) is 1. The van der Waals surface area contributed by atoms with Crippen LogP contribution >= 0.6 is 0 Å². The molecule has 0 aromatic carbocycles. The van der Waals surface area contributed by atoms with Crippen molar-refractivity contribution in [2.24, 2.45) is 0 Å². The first-order valence-corrected chi connectivity index (χ1v) is 5.20. The van der Waals surface area contributed by atoms with Crippen LogP contribution in [0.4, 0.5) is 0 Å². The molecule has 13 heavy (non-hydrogen) atoms. The van der Waals surface area contributed by atoms with Crippen LogP contribution in [0.5, 0.6) is 0 Å². The number of hydrogen-bond donors (Lipinski definition) is 1. The van der Waals surface area contributed by atoms with Gasteiger partial charge in [-0.25, -0.2) is 0 Å². The molecule has 1 fully saturated rings. The molecular formula is C11H20N2. The molecule has 0 saturated carbocycles. The first kappa shape index (κ1) is 10.6. The van der Waals surface area contributed by atoms with Gasteiger partial charge < -0.3 is 10.2 Å². The molecule has 1 N–H and O–H groups in total. The Morgan fingerprint density at radius 3 is 2.62 bits per heavy atom. The monoisotopic (exact) mass is 180 g/mol. The summed E-state index contributed by atoms with van der Waals surface area (Å²) in [4.78, 5) is 2.48. The van der Waals surface area contributed by atoms with E-state index in [2.05, 4.69) is 23.1 Å². The molecule has 1 aliphatic heterocycles. The smallest absolute Gasteiger partial charge is 0.0660 e. The fraction of sp³-hybridized carbons (Fsp3) is 0.818. The van der Waals surface area contributed by atoms with E-state index < -0.39 is 0 Å². The van der Waals surface area contributed by atoms with Gasteiger partial charge in [-0.3, -0.25) is 0 Å². The molecule has 1 aliphatic rings. The molecule has 1 atom stereocenters. The Hall–Kier alpha value is -0.520. The second kappa shape index (κ2) is 5.26. The minimum Gasteiger partial charge on any atom is -0.303 e. The Bertz CT molecular complexity index is 175. The summed E-state index contributed by atoms with van der Waals surface area (Å²) in [6, 6.07) is 0.854. The standard InChI is InChI=1S/C11H20N2/c1-4-10(3)12-11-6-8-13(5-2)9-7-11/h1,10-12H,5-9H2,2-3H3. The van der Waals surface area contributed by atoms with Crippen LogP contribution in [0.25, 0.3) is 0 Å². The summed E-state index contributed by atoms with van der Waals surface area (Å²) in [5, 5.41) is 3.45. The summed E-state index contributed by atoms with van der Waals surface area (Å²) >= 11 is 0. The Morgan fingerprint density at radius 2 is 2.15 bits per heavy atom. The van der Waals surface area contributed by atoms with E-state index in [0.717, 1.165) is 0 Å². The van der Waals surface area contributed by atoms with Crippen LogP contribution in [-0.4, -0.2) is 36.6 Å². The van der Waals surface area contributed by atoms with Crippen LogP contribution in [0, 0.1) is 12.3 Å². The Morgan fingerprint density at radius 1 is 1.54 bits per heavy atom. The zero-order chi connectivity index (χ0) is 9.68. The minimum absolute atomic E-state index is 0.221. The second-order valence-electron chi connectivity index (χ2n) is 3.76. The fourth-order valence-electron chi connectivity index (χ4n) is 1.82. The van der Waals surface area contributed by atoms with Gasteiger partial charge in [0, 0.05) is 6.04 Å². The van der Waals surface area contributed by atoms with E-state index in [1.54, 1.807) is 0 Å². The van der Waals surface area contributed by atoms with Crippen LogP contribution in [-0.2, 0) is 0 Å². The molecule has 74 valence electrons. The lowest BCUT2D eigenvalue weighted by molar-refractivity contribution is 0.204. The number of terminal acetylenes is 1. The van der Waals surface area contributed by atoms with E-state index in [9.17, 15) is 0 Å². The maximum absolute atomic E-state index is 5.32. The van der Waals surface area contributed by atoms with Crippen LogP contribution in [0.2, 0.25) is 0 Å². The second-order valence-corrected chi connectivity index (χ2v) is 3.76. The van der Waals surface area contributed by atoms with Gasteiger partial charge in [-0.15, -0.1) is 6.42 Å². The average Bonchev–Trinajstić information content (AvgIpc) is 2.19. The minimum atomic E-state index is 0.221. The summed E-state index contributed by atoms with van der Waals surface area (Å²) in [6.45, 7) is 7.87. The molecule has 0 aromatic heterocycles. The summed E-state index contributed by atoms with van der Waals surface area (Å²) in [5.74, 6) is 2.71. The highest BCUT2D eigenvalue weighted by molar-refractivity contribution is 4.97. The van der Waals surface area contributed by atoms with Gasteiger partial charge in [0.25, 0.3) is 0 Å². The van der Waals surface area contributed by atoms with Gasteiger partial charge in [-0.2, -0.15) is 0 Å². The van der Waals surface area contributed by atoms with Gasteiger partial charge in [-0.05, 0) is 39.4 Å². The molecule has 0 amide bonds. The lowest BCUT2D eigenvalue weighted by Gasteiger charge is -2.32. The third-order valence-electron chi connectivity index (χ3n) is 2.77. The fourth-order valence-corrected chi connectivity index (χ4v) is 1.82. The number of rotatable bonds is 3. The predicted molar refractivity (Wildman–Crippen MR) is 56.6 cm³/mol. The first-order chi connectivity index (χ1) is 6.26. The molecule has 0 bridgehead atoms. The van der Waals surface area contributed by atoms with Crippen molar-refractivity contribution in [3.05, 3.63) is 0 Å². The number of nitrogens with one attached hydrogen (secondary N) is 1. The van der Waals surface area contributed by atoms with E-state index >= 15 is 0 Å². The Balaban J connectivity index is 2.22. The van der Waals surface area contributed by atoms with Crippen LogP contribution in [0.15, 0.2) is 0 Å². The molecule has 1 saturated heterocycles. The molecule has 0 spiro atoms. The van der Waals surface area contributed by atoms with Crippen molar-refractivity contribution in [1.82, 2.24) is 10.2 Å². The molecule has 1 rings (SSSR count). The summed E-state index contributed by atoms with van der Waals surface area (Å²) in [6.07, 6.45) is 7.79. The van der Waals surface area contributed by atoms with Gasteiger partial charge in [0.15, 0.2) is 0 Å². The van der Waals surface area contributed by atoms with Crippen molar-refractivity contribution < 1.29 is 0 Å². The van der Waals surface area contributed by atoms with Gasteiger partial charge in [0.2, 0.25) is 0 Å². The molecule has 0 radical (unpaired) electrons. The zero-order valence-electron chi connectivity index (χ0n) is 8.71. The average molecular weight is 180 g/mol. The van der Waals surface area contributed by atoms with E-state index in [-0.39, 0.29) is 6.04 Å². The topological polar surface area (TPSA) is 15.3 Å². The van der Waals surface area contributed by atoms with Crippen molar-refractivity contribution in [2.45, 2.75) is 38.8 Å². The van der Waals surface area contributed by atoms with Gasteiger partial charge >= 0.3 is 0 Å². The molecule has 2 nitrogen and oxygen atoms in total. The Labute approximate surface area is 81.7 Å². The molecule has 0 aliphatic carbocycles. The van der Waals surface area contributed by atoms with Crippen molar-refractivity contribution in [2.75, 3.05) is 19.6 Å². The summed E-state index contributed by atoms with van der Waals surface area (Å²) < 4.78 is 0. The zero-order valence-corrected chi connectivity index (χ0v) is 8.71. The SMILES string of the molecule is C#CC(C)NC1CCN(CC)CC1.